The topological polar surface area (TPSA) is 75.1 Å². The molecule has 5 nitrogen and oxygen atoms in total. The molecule has 19 heavy (non-hydrogen) atoms. The molecule has 106 valence electrons. The first kappa shape index (κ1) is 13.9. The molecule has 1 aromatic heterocycles. The maximum atomic E-state index is 12.0. The average molecular weight is 266 g/mol. The van der Waals surface area contributed by atoms with Crippen molar-refractivity contribution in [2.75, 3.05) is 0 Å². The number of nitrogens with zero attached hydrogens (tertiary/aromatic N) is 1. The second kappa shape index (κ2) is 5.23. The lowest BCUT2D eigenvalue weighted by atomic mass is 9.77. The SMILES string of the molecule is Cc1c(O)n(C2CCCCC2C(C)C)c(=O)[nH]c1=O. The van der Waals surface area contributed by atoms with Gasteiger partial charge in [0.2, 0.25) is 5.88 Å². The van der Waals surface area contributed by atoms with Gasteiger partial charge in [-0.25, -0.2) is 4.79 Å². The molecule has 1 heterocycles. The Kier molecular flexibility index (Phi) is 3.83. The van der Waals surface area contributed by atoms with Crippen LogP contribution in [-0.4, -0.2) is 14.7 Å². The van der Waals surface area contributed by atoms with Crippen LogP contribution < -0.4 is 11.2 Å². The van der Waals surface area contributed by atoms with Crippen LogP contribution >= 0.6 is 0 Å². The Morgan fingerprint density at radius 2 is 1.89 bits per heavy atom. The zero-order valence-electron chi connectivity index (χ0n) is 11.8. The van der Waals surface area contributed by atoms with E-state index in [1.807, 2.05) is 0 Å². The lowest BCUT2D eigenvalue weighted by Gasteiger charge is -2.35. The normalized spacial score (nSPS) is 23.8. The largest absolute Gasteiger partial charge is 0.494 e. The predicted octanol–water partition coefficient (Wildman–Crippen LogP) is 1.94. The van der Waals surface area contributed by atoms with Crippen molar-refractivity contribution in [3.63, 3.8) is 0 Å². The zero-order valence-corrected chi connectivity index (χ0v) is 11.8. The Balaban J connectivity index is 2.54. The van der Waals surface area contributed by atoms with E-state index in [0.29, 0.717) is 11.8 Å². The van der Waals surface area contributed by atoms with Crippen molar-refractivity contribution in [2.24, 2.45) is 11.8 Å². The van der Waals surface area contributed by atoms with Gasteiger partial charge < -0.3 is 5.11 Å². The fourth-order valence-corrected chi connectivity index (χ4v) is 3.18. The van der Waals surface area contributed by atoms with Crippen LogP contribution in [0.3, 0.4) is 0 Å². The highest BCUT2D eigenvalue weighted by Crippen LogP contribution is 2.39. The predicted molar refractivity (Wildman–Crippen MR) is 73.6 cm³/mol. The Morgan fingerprint density at radius 3 is 2.53 bits per heavy atom. The zero-order chi connectivity index (χ0) is 14.2. The third kappa shape index (κ3) is 2.46. The number of H-pyrrole nitrogens is 1. The van der Waals surface area contributed by atoms with E-state index in [-0.39, 0.29) is 17.5 Å². The van der Waals surface area contributed by atoms with E-state index < -0.39 is 11.2 Å². The maximum Gasteiger partial charge on any atom is 0.331 e. The monoisotopic (exact) mass is 266 g/mol. The van der Waals surface area contributed by atoms with Crippen LogP contribution in [0, 0.1) is 18.8 Å². The summed E-state index contributed by atoms with van der Waals surface area (Å²) in [5.41, 5.74) is -0.783. The third-order valence-electron chi connectivity index (χ3n) is 4.31. The minimum absolute atomic E-state index is 0.0169. The Hall–Kier alpha value is -1.52. The van der Waals surface area contributed by atoms with Gasteiger partial charge in [0.1, 0.15) is 0 Å². The molecule has 0 amide bonds. The molecule has 0 aromatic carbocycles. The smallest absolute Gasteiger partial charge is 0.331 e. The van der Waals surface area contributed by atoms with E-state index >= 15 is 0 Å². The summed E-state index contributed by atoms with van der Waals surface area (Å²) in [6.45, 7) is 5.82. The molecule has 5 heteroatoms. The molecular weight excluding hydrogens is 244 g/mol. The van der Waals surface area contributed by atoms with Crippen LogP contribution in [0.5, 0.6) is 5.88 Å². The van der Waals surface area contributed by atoms with Crippen LogP contribution in [0.25, 0.3) is 0 Å². The quantitative estimate of drug-likeness (QED) is 0.859. The van der Waals surface area contributed by atoms with Gasteiger partial charge in [-0.2, -0.15) is 0 Å². The van der Waals surface area contributed by atoms with Crippen LogP contribution in [0.4, 0.5) is 0 Å². The first-order chi connectivity index (χ1) is 8.93. The molecule has 0 spiro atoms. The molecule has 0 radical (unpaired) electrons. The summed E-state index contributed by atoms with van der Waals surface area (Å²) in [6, 6.07) is -0.0169. The number of aromatic amines is 1. The second-order valence-electron chi connectivity index (χ2n) is 5.84. The van der Waals surface area contributed by atoms with E-state index in [2.05, 4.69) is 18.8 Å². The summed E-state index contributed by atoms with van der Waals surface area (Å²) in [7, 11) is 0. The fourth-order valence-electron chi connectivity index (χ4n) is 3.18. The van der Waals surface area contributed by atoms with Crippen LogP contribution in [-0.2, 0) is 0 Å². The van der Waals surface area contributed by atoms with E-state index in [0.717, 1.165) is 25.7 Å². The number of aromatic hydroxyl groups is 1. The summed E-state index contributed by atoms with van der Waals surface area (Å²) in [5.74, 6) is 0.637. The Morgan fingerprint density at radius 1 is 1.26 bits per heavy atom. The molecule has 2 unspecified atom stereocenters. The van der Waals surface area contributed by atoms with Gasteiger partial charge in [0.05, 0.1) is 5.56 Å². The standard InChI is InChI=1S/C14H22N2O3/c1-8(2)10-6-4-5-7-11(10)16-13(18)9(3)12(17)15-14(16)19/h8,10-11,18H,4-7H2,1-3H3,(H,15,17,19). The summed E-state index contributed by atoms with van der Waals surface area (Å²) < 4.78 is 1.39. The van der Waals surface area contributed by atoms with Crippen LogP contribution in [0.1, 0.15) is 51.1 Å². The van der Waals surface area contributed by atoms with E-state index in [1.54, 1.807) is 0 Å². The molecular formula is C14H22N2O3. The second-order valence-corrected chi connectivity index (χ2v) is 5.84. The highest BCUT2D eigenvalue weighted by molar-refractivity contribution is 5.21. The minimum Gasteiger partial charge on any atom is -0.494 e. The van der Waals surface area contributed by atoms with Gasteiger partial charge in [0, 0.05) is 6.04 Å². The lowest BCUT2D eigenvalue weighted by Crippen LogP contribution is -2.38. The number of aromatic nitrogens is 2. The lowest BCUT2D eigenvalue weighted by molar-refractivity contribution is 0.167. The fraction of sp³-hybridized carbons (Fsp3) is 0.714. The molecule has 0 bridgehead atoms. The number of hydrogen-bond acceptors (Lipinski definition) is 3. The molecule has 0 aliphatic heterocycles. The van der Waals surface area contributed by atoms with Crippen molar-refractivity contribution in [1.82, 2.24) is 9.55 Å². The van der Waals surface area contributed by atoms with Crippen molar-refractivity contribution in [2.45, 2.75) is 52.5 Å². The first-order valence-corrected chi connectivity index (χ1v) is 6.98. The van der Waals surface area contributed by atoms with Gasteiger partial charge in [-0.3, -0.25) is 14.3 Å². The molecule has 1 saturated carbocycles. The molecule has 1 aliphatic rings. The average Bonchev–Trinajstić information content (AvgIpc) is 2.36. The van der Waals surface area contributed by atoms with Crippen LogP contribution in [0.15, 0.2) is 9.59 Å². The Labute approximate surface area is 112 Å². The van der Waals surface area contributed by atoms with Crippen LogP contribution in [0.2, 0.25) is 0 Å². The van der Waals surface area contributed by atoms with E-state index in [9.17, 15) is 14.7 Å². The summed E-state index contributed by atoms with van der Waals surface area (Å²) in [5, 5.41) is 10.2. The molecule has 0 saturated heterocycles. The maximum absolute atomic E-state index is 12.0. The highest BCUT2D eigenvalue weighted by Gasteiger charge is 2.31. The van der Waals surface area contributed by atoms with E-state index in [4.69, 9.17) is 0 Å². The summed E-state index contributed by atoms with van der Waals surface area (Å²) in [6.07, 6.45) is 4.16. The van der Waals surface area contributed by atoms with Crippen molar-refractivity contribution < 1.29 is 5.11 Å². The molecule has 2 atom stereocenters. The molecule has 1 fully saturated rings. The van der Waals surface area contributed by atoms with Crippen molar-refractivity contribution >= 4 is 0 Å². The van der Waals surface area contributed by atoms with Crippen molar-refractivity contribution in [1.29, 1.82) is 0 Å². The van der Waals surface area contributed by atoms with Gasteiger partial charge in [0.15, 0.2) is 0 Å². The summed E-state index contributed by atoms with van der Waals surface area (Å²) >= 11 is 0. The number of rotatable bonds is 2. The van der Waals surface area contributed by atoms with Gasteiger partial charge in [-0.15, -0.1) is 0 Å². The first-order valence-electron chi connectivity index (χ1n) is 6.98. The summed E-state index contributed by atoms with van der Waals surface area (Å²) in [4.78, 5) is 25.8. The Bertz CT molecular complexity index is 571. The molecule has 1 aliphatic carbocycles. The third-order valence-corrected chi connectivity index (χ3v) is 4.31. The molecule has 2 N–H and O–H groups in total. The van der Waals surface area contributed by atoms with Gasteiger partial charge in [0.25, 0.3) is 5.56 Å². The van der Waals surface area contributed by atoms with Gasteiger partial charge in [-0.1, -0.05) is 26.7 Å². The minimum atomic E-state index is -0.504. The highest BCUT2D eigenvalue weighted by atomic mass is 16.3. The van der Waals surface area contributed by atoms with Gasteiger partial charge in [-0.05, 0) is 31.6 Å². The van der Waals surface area contributed by atoms with Gasteiger partial charge >= 0.3 is 5.69 Å². The molecule has 2 rings (SSSR count). The van der Waals surface area contributed by atoms with E-state index in [1.165, 1.54) is 11.5 Å². The number of nitrogens with one attached hydrogen (secondary N) is 1. The van der Waals surface area contributed by atoms with Crippen molar-refractivity contribution in [3.8, 4) is 5.88 Å². The van der Waals surface area contributed by atoms with Crippen molar-refractivity contribution in [3.05, 3.63) is 26.4 Å². The number of hydrogen-bond donors (Lipinski definition) is 2. The molecule has 1 aromatic rings.